The van der Waals surface area contributed by atoms with Crippen LogP contribution in [0.2, 0.25) is 10.0 Å². The minimum absolute atomic E-state index is 0.627. The van der Waals surface area contributed by atoms with Crippen LogP contribution in [0.4, 0.5) is 5.69 Å². The van der Waals surface area contributed by atoms with E-state index in [1.54, 1.807) is 0 Å². The van der Waals surface area contributed by atoms with Gasteiger partial charge in [-0.05, 0) is 48.7 Å². The lowest BCUT2D eigenvalue weighted by Gasteiger charge is -2.25. The standard InChI is InChI=1S/C18H18Cl2N2/c19-15-2-1-3-16(20)18(15)13-5-4-12-10-14-6-7-21-8-9-22(14)17(12)11-13/h1-5,11,14,21H,6-10H2. The SMILES string of the molecule is Clc1cccc(Cl)c1-c1ccc2c(c1)N1CCNCCC1C2. The van der Waals surface area contributed by atoms with E-state index in [9.17, 15) is 0 Å². The summed E-state index contributed by atoms with van der Waals surface area (Å²) >= 11 is 12.7. The number of anilines is 1. The number of benzene rings is 2. The van der Waals surface area contributed by atoms with E-state index in [1.165, 1.54) is 17.7 Å². The second kappa shape index (κ2) is 5.77. The summed E-state index contributed by atoms with van der Waals surface area (Å²) in [6, 6.07) is 13.0. The first-order valence-corrected chi connectivity index (χ1v) is 8.54. The van der Waals surface area contributed by atoms with Crippen LogP contribution < -0.4 is 10.2 Å². The minimum Gasteiger partial charge on any atom is -0.367 e. The Morgan fingerprint density at radius 1 is 1.05 bits per heavy atom. The van der Waals surface area contributed by atoms with Crippen molar-refractivity contribution in [2.45, 2.75) is 18.9 Å². The van der Waals surface area contributed by atoms with Crippen molar-refractivity contribution in [3.8, 4) is 11.1 Å². The fourth-order valence-electron chi connectivity index (χ4n) is 3.65. The van der Waals surface area contributed by atoms with Gasteiger partial charge in [-0.15, -0.1) is 0 Å². The van der Waals surface area contributed by atoms with E-state index in [1.807, 2.05) is 18.2 Å². The van der Waals surface area contributed by atoms with E-state index < -0.39 is 0 Å². The van der Waals surface area contributed by atoms with Gasteiger partial charge in [0.15, 0.2) is 0 Å². The molecule has 1 N–H and O–H groups in total. The van der Waals surface area contributed by atoms with Gasteiger partial charge >= 0.3 is 0 Å². The highest BCUT2D eigenvalue weighted by Crippen LogP contribution is 2.40. The van der Waals surface area contributed by atoms with Gasteiger partial charge in [0.05, 0.1) is 0 Å². The van der Waals surface area contributed by atoms with Gasteiger partial charge in [0.2, 0.25) is 0 Å². The highest BCUT2D eigenvalue weighted by Gasteiger charge is 2.30. The maximum Gasteiger partial charge on any atom is 0.0499 e. The Kier molecular flexibility index (Phi) is 3.77. The van der Waals surface area contributed by atoms with Crippen molar-refractivity contribution in [2.75, 3.05) is 24.5 Å². The Labute approximate surface area is 141 Å². The van der Waals surface area contributed by atoms with Gasteiger partial charge in [0, 0.05) is 40.4 Å². The van der Waals surface area contributed by atoms with Crippen molar-refractivity contribution in [1.29, 1.82) is 0 Å². The van der Waals surface area contributed by atoms with Gasteiger partial charge < -0.3 is 10.2 Å². The maximum atomic E-state index is 6.37. The average Bonchev–Trinajstić information content (AvgIpc) is 2.68. The summed E-state index contributed by atoms with van der Waals surface area (Å²) in [5, 5.41) is 4.90. The molecule has 0 saturated carbocycles. The van der Waals surface area contributed by atoms with Crippen LogP contribution >= 0.6 is 23.2 Å². The molecule has 22 heavy (non-hydrogen) atoms. The van der Waals surface area contributed by atoms with E-state index in [2.05, 4.69) is 28.4 Å². The third-order valence-corrected chi connectivity index (χ3v) is 5.36. The molecule has 114 valence electrons. The van der Waals surface area contributed by atoms with Crippen LogP contribution in [-0.4, -0.2) is 25.7 Å². The summed E-state index contributed by atoms with van der Waals surface area (Å²) in [6.45, 7) is 3.22. The average molecular weight is 333 g/mol. The Bertz CT molecular complexity index is 694. The predicted octanol–water partition coefficient (Wildman–Crippen LogP) is 4.38. The molecule has 1 atom stereocenters. The Morgan fingerprint density at radius 2 is 1.86 bits per heavy atom. The van der Waals surface area contributed by atoms with Crippen LogP contribution in [0.1, 0.15) is 12.0 Å². The molecular weight excluding hydrogens is 315 g/mol. The van der Waals surface area contributed by atoms with Gasteiger partial charge in [-0.25, -0.2) is 0 Å². The molecule has 2 aliphatic heterocycles. The zero-order valence-electron chi connectivity index (χ0n) is 12.3. The molecule has 1 unspecified atom stereocenters. The first-order valence-electron chi connectivity index (χ1n) is 7.79. The molecule has 0 bridgehead atoms. The third kappa shape index (κ3) is 2.40. The molecule has 2 aromatic rings. The van der Waals surface area contributed by atoms with Crippen molar-refractivity contribution >= 4 is 28.9 Å². The molecule has 2 heterocycles. The molecule has 0 spiro atoms. The molecule has 0 amide bonds. The summed E-state index contributed by atoms with van der Waals surface area (Å²) in [5.41, 5.74) is 4.83. The van der Waals surface area contributed by atoms with Crippen LogP contribution in [-0.2, 0) is 6.42 Å². The number of halogens is 2. The van der Waals surface area contributed by atoms with Gasteiger partial charge in [0.25, 0.3) is 0 Å². The Balaban J connectivity index is 1.78. The summed E-state index contributed by atoms with van der Waals surface area (Å²) in [5.74, 6) is 0. The molecule has 0 aliphatic carbocycles. The van der Waals surface area contributed by atoms with Crippen LogP contribution in [0.5, 0.6) is 0 Å². The van der Waals surface area contributed by atoms with Crippen LogP contribution in [0.3, 0.4) is 0 Å². The van der Waals surface area contributed by atoms with Gasteiger partial charge in [-0.1, -0.05) is 41.4 Å². The first kappa shape index (κ1) is 14.4. The lowest BCUT2D eigenvalue weighted by molar-refractivity contribution is 0.612. The number of rotatable bonds is 1. The second-order valence-electron chi connectivity index (χ2n) is 6.03. The zero-order chi connectivity index (χ0) is 15.1. The summed E-state index contributed by atoms with van der Waals surface area (Å²) in [4.78, 5) is 2.55. The zero-order valence-corrected chi connectivity index (χ0v) is 13.8. The number of hydrogen-bond donors (Lipinski definition) is 1. The van der Waals surface area contributed by atoms with E-state index in [0.29, 0.717) is 16.1 Å². The Morgan fingerprint density at radius 3 is 2.68 bits per heavy atom. The van der Waals surface area contributed by atoms with Crippen LogP contribution in [0.15, 0.2) is 36.4 Å². The van der Waals surface area contributed by atoms with Crippen LogP contribution in [0.25, 0.3) is 11.1 Å². The van der Waals surface area contributed by atoms with Crippen molar-refractivity contribution < 1.29 is 0 Å². The maximum absolute atomic E-state index is 6.37. The number of nitrogens with one attached hydrogen (secondary N) is 1. The van der Waals surface area contributed by atoms with Gasteiger partial charge in [-0.2, -0.15) is 0 Å². The number of hydrogen-bond acceptors (Lipinski definition) is 2. The van der Waals surface area contributed by atoms with Crippen molar-refractivity contribution in [3.63, 3.8) is 0 Å². The number of fused-ring (bicyclic) bond motifs is 3. The van der Waals surface area contributed by atoms with Crippen molar-refractivity contribution in [3.05, 3.63) is 52.0 Å². The lowest BCUT2D eigenvalue weighted by Crippen LogP contribution is -2.32. The van der Waals surface area contributed by atoms with Gasteiger partial charge in [0.1, 0.15) is 0 Å². The van der Waals surface area contributed by atoms with E-state index in [0.717, 1.165) is 37.2 Å². The molecule has 2 nitrogen and oxygen atoms in total. The highest BCUT2D eigenvalue weighted by atomic mass is 35.5. The topological polar surface area (TPSA) is 15.3 Å². The molecule has 2 aromatic carbocycles. The normalized spacial score (nSPS) is 20.5. The predicted molar refractivity (Wildman–Crippen MR) is 94.2 cm³/mol. The van der Waals surface area contributed by atoms with Crippen molar-refractivity contribution in [2.24, 2.45) is 0 Å². The monoisotopic (exact) mass is 332 g/mol. The fraction of sp³-hybridized carbons (Fsp3) is 0.333. The number of nitrogens with zero attached hydrogens (tertiary/aromatic N) is 1. The lowest BCUT2D eigenvalue weighted by atomic mass is 10.0. The van der Waals surface area contributed by atoms with Crippen LogP contribution in [0, 0.1) is 0 Å². The third-order valence-electron chi connectivity index (χ3n) is 4.73. The molecular formula is C18H18Cl2N2. The smallest absolute Gasteiger partial charge is 0.0499 e. The summed E-state index contributed by atoms with van der Waals surface area (Å²) in [7, 11) is 0. The second-order valence-corrected chi connectivity index (χ2v) is 6.84. The summed E-state index contributed by atoms with van der Waals surface area (Å²) < 4.78 is 0. The van der Waals surface area contributed by atoms with E-state index in [-0.39, 0.29) is 0 Å². The molecule has 1 fully saturated rings. The molecule has 2 aliphatic rings. The molecule has 0 aromatic heterocycles. The molecule has 1 saturated heterocycles. The minimum atomic E-state index is 0.627. The summed E-state index contributed by atoms with van der Waals surface area (Å²) in [6.07, 6.45) is 2.35. The van der Waals surface area contributed by atoms with E-state index >= 15 is 0 Å². The van der Waals surface area contributed by atoms with E-state index in [4.69, 9.17) is 23.2 Å². The quantitative estimate of drug-likeness (QED) is 0.833. The molecule has 4 rings (SSSR count). The Hall–Kier alpha value is -1.22. The largest absolute Gasteiger partial charge is 0.367 e. The van der Waals surface area contributed by atoms with Crippen molar-refractivity contribution in [1.82, 2.24) is 5.32 Å². The molecule has 0 radical (unpaired) electrons. The fourth-order valence-corrected chi connectivity index (χ4v) is 4.26. The van der Waals surface area contributed by atoms with Gasteiger partial charge in [-0.3, -0.25) is 0 Å². The highest BCUT2D eigenvalue weighted by molar-refractivity contribution is 6.39. The first-order chi connectivity index (χ1) is 10.7. The molecule has 4 heteroatoms.